The number of fused-ring (bicyclic) bond motifs is 2. The van der Waals surface area contributed by atoms with Crippen LogP contribution in [0.2, 0.25) is 10.0 Å². The van der Waals surface area contributed by atoms with Crippen LogP contribution in [0.1, 0.15) is 29.1 Å². The van der Waals surface area contributed by atoms with E-state index in [1.807, 2.05) is 31.2 Å². The van der Waals surface area contributed by atoms with E-state index < -0.39 is 0 Å². The monoisotopic (exact) mass is 582 g/mol. The quantitative estimate of drug-likeness (QED) is 0.206. The lowest BCUT2D eigenvalue weighted by atomic mass is 10.2. The van der Waals surface area contributed by atoms with Crippen molar-refractivity contribution in [3.63, 3.8) is 0 Å². The number of amides is 1. The number of thiocarbonyl (C=S) groups is 1. The Morgan fingerprint density at radius 2 is 1.71 bits per heavy atom. The third kappa shape index (κ3) is 5.19. The predicted molar refractivity (Wildman–Crippen MR) is 163 cm³/mol. The van der Waals surface area contributed by atoms with E-state index in [0.717, 1.165) is 51.3 Å². The molecular formula is C27H24Cl2N6OS2. The Labute approximate surface area is 239 Å². The van der Waals surface area contributed by atoms with Gasteiger partial charge in [-0.2, -0.15) is 4.80 Å². The van der Waals surface area contributed by atoms with Crippen molar-refractivity contribution in [2.45, 2.75) is 20.8 Å². The van der Waals surface area contributed by atoms with Gasteiger partial charge < -0.3 is 10.2 Å². The van der Waals surface area contributed by atoms with E-state index in [1.165, 1.54) is 11.3 Å². The summed E-state index contributed by atoms with van der Waals surface area (Å²) in [5.41, 5.74) is 5.12. The molecular weight excluding hydrogens is 559 g/mol. The van der Waals surface area contributed by atoms with Crippen LogP contribution in [0.25, 0.3) is 26.8 Å². The first-order chi connectivity index (χ1) is 18.3. The minimum Gasteiger partial charge on any atom is -0.372 e. The number of thiophene rings is 1. The third-order valence-electron chi connectivity index (χ3n) is 6.21. The van der Waals surface area contributed by atoms with Gasteiger partial charge in [-0.1, -0.05) is 29.3 Å². The maximum Gasteiger partial charge on any atom is 0.269 e. The van der Waals surface area contributed by atoms with E-state index in [4.69, 9.17) is 35.4 Å². The molecule has 1 amide bonds. The highest BCUT2D eigenvalue weighted by molar-refractivity contribution is 7.80. The van der Waals surface area contributed by atoms with Crippen molar-refractivity contribution in [3.05, 3.63) is 75.1 Å². The maximum absolute atomic E-state index is 12.9. The Morgan fingerprint density at radius 3 is 2.39 bits per heavy atom. The molecule has 0 aliphatic heterocycles. The number of nitrogens with zero attached hydrogens (tertiary/aromatic N) is 4. The number of rotatable bonds is 6. The van der Waals surface area contributed by atoms with Crippen molar-refractivity contribution in [1.29, 1.82) is 0 Å². The molecule has 11 heteroatoms. The Hall–Kier alpha value is -3.24. The van der Waals surface area contributed by atoms with Crippen molar-refractivity contribution in [2.75, 3.05) is 23.3 Å². The number of nitrogens with one attached hydrogen (secondary N) is 2. The molecule has 0 atom stereocenters. The van der Waals surface area contributed by atoms with Crippen LogP contribution in [0.15, 0.2) is 54.6 Å². The highest BCUT2D eigenvalue weighted by atomic mass is 35.5. The average molecular weight is 584 g/mol. The summed E-state index contributed by atoms with van der Waals surface area (Å²) >= 11 is 19.2. The van der Waals surface area contributed by atoms with Gasteiger partial charge in [-0.05, 0) is 87.1 Å². The van der Waals surface area contributed by atoms with Gasteiger partial charge in [-0.15, -0.1) is 21.5 Å². The molecule has 0 saturated carbocycles. The van der Waals surface area contributed by atoms with Gasteiger partial charge in [0, 0.05) is 39.6 Å². The van der Waals surface area contributed by atoms with Crippen LogP contribution in [0.3, 0.4) is 0 Å². The van der Waals surface area contributed by atoms with E-state index in [2.05, 4.69) is 51.7 Å². The second kappa shape index (κ2) is 10.9. The SMILES string of the molecule is CCN(CC)c1ccc(-n2nc3cc(C)c(NC(=S)NC(=O)c4sc5cc(Cl)ccc5c4Cl)cc3n2)cc1. The minimum atomic E-state index is -0.386. The summed E-state index contributed by atoms with van der Waals surface area (Å²) in [5, 5.41) is 17.0. The number of benzene rings is 3. The molecule has 0 bridgehead atoms. The number of aromatic nitrogens is 3. The first-order valence-corrected chi connectivity index (χ1v) is 14.0. The Bertz CT molecular complexity index is 1680. The van der Waals surface area contributed by atoms with Crippen LogP contribution in [0, 0.1) is 6.92 Å². The smallest absolute Gasteiger partial charge is 0.269 e. The summed E-state index contributed by atoms with van der Waals surface area (Å²) in [6, 6.07) is 17.3. The van der Waals surface area contributed by atoms with Crippen LogP contribution in [-0.4, -0.2) is 39.1 Å². The Morgan fingerprint density at radius 1 is 1.03 bits per heavy atom. The van der Waals surface area contributed by atoms with E-state index in [-0.39, 0.29) is 11.0 Å². The van der Waals surface area contributed by atoms with Gasteiger partial charge in [0.15, 0.2) is 5.11 Å². The molecule has 7 nitrogen and oxygen atoms in total. The number of anilines is 2. The highest BCUT2D eigenvalue weighted by Gasteiger charge is 2.19. The van der Waals surface area contributed by atoms with Crippen LogP contribution in [-0.2, 0) is 0 Å². The lowest BCUT2D eigenvalue weighted by molar-refractivity contribution is 0.0982. The number of carbonyl (C=O) groups is 1. The molecule has 0 fully saturated rings. The number of aryl methyl sites for hydroxylation is 1. The van der Waals surface area contributed by atoms with E-state index in [0.29, 0.717) is 20.4 Å². The van der Waals surface area contributed by atoms with Gasteiger partial charge in [0.1, 0.15) is 15.9 Å². The summed E-state index contributed by atoms with van der Waals surface area (Å²) in [5.74, 6) is -0.386. The first kappa shape index (κ1) is 26.4. The van der Waals surface area contributed by atoms with Crippen molar-refractivity contribution >= 4 is 90.3 Å². The van der Waals surface area contributed by atoms with Crippen LogP contribution < -0.4 is 15.5 Å². The lowest BCUT2D eigenvalue weighted by Gasteiger charge is -2.20. The molecule has 2 heterocycles. The van der Waals surface area contributed by atoms with Gasteiger partial charge in [-0.3, -0.25) is 10.1 Å². The minimum absolute atomic E-state index is 0.156. The number of halogens is 2. The summed E-state index contributed by atoms with van der Waals surface area (Å²) in [7, 11) is 0. The van der Waals surface area contributed by atoms with Crippen LogP contribution in [0.4, 0.5) is 11.4 Å². The normalized spacial score (nSPS) is 11.2. The standard InChI is InChI=1S/C27H24Cl2N6OS2/c1-4-34(5-2)17-7-9-18(10-8-17)35-32-21-12-15(3)20(14-22(21)33-35)30-27(37)31-26(36)25-24(29)19-11-6-16(28)13-23(19)38-25/h6-14H,4-5H2,1-3H3,(H2,30,31,36,37). The topological polar surface area (TPSA) is 75.1 Å². The first-order valence-electron chi connectivity index (χ1n) is 12.0. The molecule has 0 spiro atoms. The van der Waals surface area contributed by atoms with E-state index >= 15 is 0 Å². The number of hydrogen-bond donors (Lipinski definition) is 2. The van der Waals surface area contributed by atoms with Crippen LogP contribution >= 0.6 is 46.8 Å². The number of carbonyl (C=O) groups excluding carboxylic acids is 1. The van der Waals surface area contributed by atoms with Crippen molar-refractivity contribution in [3.8, 4) is 5.69 Å². The zero-order valence-corrected chi connectivity index (χ0v) is 24.0. The van der Waals surface area contributed by atoms with Gasteiger partial charge in [0.25, 0.3) is 5.91 Å². The van der Waals surface area contributed by atoms with E-state index in [1.54, 1.807) is 23.0 Å². The van der Waals surface area contributed by atoms with E-state index in [9.17, 15) is 4.79 Å². The summed E-state index contributed by atoms with van der Waals surface area (Å²) in [4.78, 5) is 17.2. The molecule has 0 radical (unpaired) electrons. The van der Waals surface area contributed by atoms with Gasteiger partial charge >= 0.3 is 0 Å². The fourth-order valence-electron chi connectivity index (χ4n) is 4.20. The molecule has 3 aromatic carbocycles. The summed E-state index contributed by atoms with van der Waals surface area (Å²) < 4.78 is 0.832. The zero-order chi connectivity index (χ0) is 27.0. The maximum atomic E-state index is 12.9. The molecule has 5 aromatic rings. The van der Waals surface area contributed by atoms with Crippen molar-refractivity contribution in [1.82, 2.24) is 20.3 Å². The molecule has 0 aliphatic carbocycles. The Kier molecular flexibility index (Phi) is 7.54. The lowest BCUT2D eigenvalue weighted by Crippen LogP contribution is -2.34. The molecule has 194 valence electrons. The summed E-state index contributed by atoms with van der Waals surface area (Å²) in [6.07, 6.45) is 0. The molecule has 2 aromatic heterocycles. The molecule has 0 unspecified atom stereocenters. The van der Waals surface area contributed by atoms with Gasteiger partial charge in [0.2, 0.25) is 0 Å². The van der Waals surface area contributed by atoms with Crippen molar-refractivity contribution in [2.24, 2.45) is 0 Å². The van der Waals surface area contributed by atoms with Crippen LogP contribution in [0.5, 0.6) is 0 Å². The fraction of sp³-hybridized carbons (Fsp3) is 0.185. The fourth-order valence-corrected chi connectivity index (χ4v) is 6.09. The van der Waals surface area contributed by atoms with Gasteiger partial charge in [-0.25, -0.2) is 0 Å². The molecule has 2 N–H and O–H groups in total. The zero-order valence-electron chi connectivity index (χ0n) is 20.9. The number of hydrogen-bond acceptors (Lipinski definition) is 6. The predicted octanol–water partition coefficient (Wildman–Crippen LogP) is 7.22. The molecule has 0 aliphatic rings. The third-order valence-corrected chi connectivity index (χ3v) is 8.30. The molecule has 38 heavy (non-hydrogen) atoms. The second-order valence-electron chi connectivity index (χ2n) is 8.63. The van der Waals surface area contributed by atoms with Crippen molar-refractivity contribution < 1.29 is 4.79 Å². The summed E-state index contributed by atoms with van der Waals surface area (Å²) in [6.45, 7) is 8.11. The molecule has 0 saturated heterocycles. The van der Waals surface area contributed by atoms with Gasteiger partial charge in [0.05, 0.1) is 10.7 Å². The largest absolute Gasteiger partial charge is 0.372 e. The Balaban J connectivity index is 1.33. The highest BCUT2D eigenvalue weighted by Crippen LogP contribution is 2.36. The molecule has 5 rings (SSSR count). The second-order valence-corrected chi connectivity index (χ2v) is 10.9. The average Bonchev–Trinajstić information content (AvgIpc) is 3.45.